The molecule has 4 atom stereocenters. The number of halogens is 1. The largest absolute Gasteiger partial charge is 0.382 e. The minimum absolute atomic E-state index is 0.0273. The molecule has 0 saturated carbocycles. The number of benzene rings is 1. The summed E-state index contributed by atoms with van der Waals surface area (Å²) in [6.07, 6.45) is 0.0803. The summed E-state index contributed by atoms with van der Waals surface area (Å²) in [5.74, 6) is -2.47. The summed E-state index contributed by atoms with van der Waals surface area (Å²) in [6.45, 7) is 3.02. The van der Waals surface area contributed by atoms with Crippen LogP contribution < -0.4 is 16.0 Å². The molecule has 1 aliphatic rings. The van der Waals surface area contributed by atoms with Gasteiger partial charge in [0.05, 0.1) is 25.9 Å². The maximum absolute atomic E-state index is 13.3. The third-order valence-electron chi connectivity index (χ3n) is 5.87. The van der Waals surface area contributed by atoms with E-state index in [0.717, 1.165) is 0 Å². The molecule has 1 unspecified atom stereocenters. The number of Topliss-reactive ketones (excluding diaryl/α,β-unsaturated/α-hetero) is 1. The molecule has 12 nitrogen and oxygen atoms in total. The van der Waals surface area contributed by atoms with E-state index in [0.29, 0.717) is 11.3 Å². The summed E-state index contributed by atoms with van der Waals surface area (Å²) in [6, 6.07) is 3.55. The molecule has 2 heterocycles. The highest BCUT2D eigenvalue weighted by Crippen LogP contribution is 2.29. The van der Waals surface area contributed by atoms with E-state index in [2.05, 4.69) is 21.1 Å². The van der Waals surface area contributed by atoms with Crippen molar-refractivity contribution in [1.82, 2.24) is 21.1 Å². The van der Waals surface area contributed by atoms with Gasteiger partial charge < -0.3 is 34.7 Å². The van der Waals surface area contributed by atoms with Crippen molar-refractivity contribution in [2.45, 2.75) is 44.0 Å². The summed E-state index contributed by atoms with van der Waals surface area (Å²) in [5, 5.41) is 11.3. The van der Waals surface area contributed by atoms with Crippen LogP contribution in [0.2, 0.25) is 0 Å². The van der Waals surface area contributed by atoms with Gasteiger partial charge in [-0.2, -0.15) is 0 Å². The van der Waals surface area contributed by atoms with E-state index in [1.165, 1.54) is 44.6 Å². The summed E-state index contributed by atoms with van der Waals surface area (Å²) in [5.41, 5.74) is -0.446. The van der Waals surface area contributed by atoms with E-state index >= 15 is 0 Å². The van der Waals surface area contributed by atoms with Gasteiger partial charge in [0, 0.05) is 20.3 Å². The number of methoxy groups -OCH3 is 2. The topological polar surface area (TPSA) is 161 Å². The van der Waals surface area contributed by atoms with Gasteiger partial charge in [0.1, 0.15) is 29.3 Å². The Bertz CT molecular complexity index is 1150. The number of epoxide rings is 1. The average Bonchev–Trinajstić information content (AvgIpc) is 3.49. The maximum Gasteiger partial charge on any atom is 0.274 e. The number of ether oxygens (including phenoxy) is 3. The molecule has 2 aromatic rings. The first kappa shape index (κ1) is 28.9. The Balaban J connectivity index is 1.71. The highest BCUT2D eigenvalue weighted by Gasteiger charge is 2.50. The number of aryl methyl sites for hydroxylation is 1. The van der Waals surface area contributed by atoms with Crippen LogP contribution >= 0.6 is 0 Å². The van der Waals surface area contributed by atoms with Crippen molar-refractivity contribution in [1.29, 1.82) is 0 Å². The lowest BCUT2D eigenvalue weighted by molar-refractivity contribution is -0.134. The molecule has 13 heteroatoms. The first-order valence-electron chi connectivity index (χ1n) is 11.8. The molecule has 3 N–H and O–H groups in total. The molecule has 0 aliphatic carbocycles. The molecule has 1 fully saturated rings. The molecule has 206 valence electrons. The van der Waals surface area contributed by atoms with Crippen LogP contribution in [0.5, 0.6) is 0 Å². The molecule has 0 spiro atoms. The highest BCUT2D eigenvalue weighted by atomic mass is 19.1. The molecule has 0 radical (unpaired) electrons. The first-order chi connectivity index (χ1) is 18.1. The van der Waals surface area contributed by atoms with Crippen LogP contribution in [0.25, 0.3) is 0 Å². The average molecular weight is 535 g/mol. The second-order valence-electron chi connectivity index (χ2n) is 9.10. The minimum Gasteiger partial charge on any atom is -0.382 e. The molecular formula is C25H31FN4O8. The summed E-state index contributed by atoms with van der Waals surface area (Å²) in [4.78, 5) is 51.7. The number of hydrogen-bond acceptors (Lipinski definition) is 9. The zero-order chi connectivity index (χ0) is 27.9. The molecule has 1 aromatic heterocycles. The molecule has 3 amide bonds. The second kappa shape index (κ2) is 12.7. The van der Waals surface area contributed by atoms with Gasteiger partial charge in [0.25, 0.3) is 5.91 Å². The first-order valence-corrected chi connectivity index (χ1v) is 11.8. The highest BCUT2D eigenvalue weighted by molar-refractivity contribution is 5.99. The van der Waals surface area contributed by atoms with Gasteiger partial charge in [-0.1, -0.05) is 17.3 Å². The van der Waals surface area contributed by atoms with Crippen molar-refractivity contribution in [2.24, 2.45) is 0 Å². The number of amides is 3. The van der Waals surface area contributed by atoms with Gasteiger partial charge in [-0.25, -0.2) is 4.39 Å². The molecular weight excluding hydrogens is 503 g/mol. The predicted molar refractivity (Wildman–Crippen MR) is 130 cm³/mol. The quantitative estimate of drug-likeness (QED) is 0.285. The van der Waals surface area contributed by atoms with Crippen LogP contribution in [0.4, 0.5) is 4.39 Å². The number of carbonyl (C=O) groups is 4. The molecule has 38 heavy (non-hydrogen) atoms. The number of hydrogen-bond donors (Lipinski definition) is 3. The Labute approximate surface area is 218 Å². The van der Waals surface area contributed by atoms with Crippen LogP contribution in [0.3, 0.4) is 0 Å². The fraction of sp³-hybridized carbons (Fsp3) is 0.480. The van der Waals surface area contributed by atoms with Crippen molar-refractivity contribution < 1.29 is 42.3 Å². The third kappa shape index (κ3) is 7.66. The number of carbonyl (C=O) groups excluding carboxylic acids is 4. The number of rotatable bonds is 14. The van der Waals surface area contributed by atoms with E-state index in [1.807, 2.05) is 0 Å². The van der Waals surface area contributed by atoms with E-state index in [-0.39, 0.29) is 37.7 Å². The number of ketones is 1. The van der Waals surface area contributed by atoms with E-state index in [4.69, 9.17) is 18.7 Å². The number of nitrogens with one attached hydrogen (secondary N) is 3. The number of nitrogens with zero attached hydrogens (tertiary/aromatic N) is 1. The fourth-order valence-electron chi connectivity index (χ4n) is 3.63. The third-order valence-corrected chi connectivity index (χ3v) is 5.87. The molecule has 1 aliphatic heterocycles. The van der Waals surface area contributed by atoms with Gasteiger partial charge in [-0.05, 0) is 38.0 Å². The van der Waals surface area contributed by atoms with Gasteiger partial charge in [0.2, 0.25) is 11.8 Å². The Hall–Kier alpha value is -3.68. The smallest absolute Gasteiger partial charge is 0.274 e. The summed E-state index contributed by atoms with van der Waals surface area (Å²) >= 11 is 0. The second-order valence-corrected chi connectivity index (χ2v) is 9.10. The van der Waals surface area contributed by atoms with Crippen molar-refractivity contribution in [3.05, 3.63) is 53.2 Å². The number of aromatic nitrogens is 1. The Morgan fingerprint density at radius 2 is 1.55 bits per heavy atom. The van der Waals surface area contributed by atoms with Gasteiger partial charge >= 0.3 is 0 Å². The Kier molecular flexibility index (Phi) is 9.66. The maximum atomic E-state index is 13.3. The van der Waals surface area contributed by atoms with Crippen LogP contribution in [0.1, 0.15) is 28.7 Å². The summed E-state index contributed by atoms with van der Waals surface area (Å²) in [7, 11) is 2.69. The lowest BCUT2D eigenvalue weighted by atomic mass is 9.94. The van der Waals surface area contributed by atoms with Crippen molar-refractivity contribution in [2.75, 3.05) is 34.0 Å². The van der Waals surface area contributed by atoms with Gasteiger partial charge in [-0.15, -0.1) is 0 Å². The molecule has 1 saturated heterocycles. The normalized spacial score (nSPS) is 18.7. The minimum atomic E-state index is -1.21. The fourth-order valence-corrected chi connectivity index (χ4v) is 3.63. The molecule has 0 bridgehead atoms. The van der Waals surface area contributed by atoms with E-state index < -0.39 is 47.3 Å². The van der Waals surface area contributed by atoms with Crippen molar-refractivity contribution in [3.8, 4) is 0 Å². The molecule has 3 rings (SSSR count). The lowest BCUT2D eigenvalue weighted by Crippen LogP contribution is -2.59. The van der Waals surface area contributed by atoms with Crippen LogP contribution in [-0.4, -0.2) is 86.4 Å². The van der Waals surface area contributed by atoms with Gasteiger partial charge in [0.15, 0.2) is 11.5 Å². The van der Waals surface area contributed by atoms with Gasteiger partial charge in [-0.3, -0.25) is 19.2 Å². The van der Waals surface area contributed by atoms with Crippen LogP contribution in [0.15, 0.2) is 34.9 Å². The lowest BCUT2D eigenvalue weighted by Gasteiger charge is -2.25. The van der Waals surface area contributed by atoms with Crippen LogP contribution in [0, 0.1) is 12.7 Å². The Morgan fingerprint density at radius 3 is 2.05 bits per heavy atom. The SMILES string of the molecule is COC[C@H](NC(=O)c1cc(C)on1)C(=O)N[C@@H](COC)C(=O)N[C@@H](Cc1ccc(F)cc1)C(=O)C1(C)CO1. The van der Waals surface area contributed by atoms with E-state index in [9.17, 15) is 23.6 Å². The van der Waals surface area contributed by atoms with Crippen molar-refractivity contribution in [3.63, 3.8) is 0 Å². The Morgan fingerprint density at radius 1 is 1.00 bits per heavy atom. The van der Waals surface area contributed by atoms with Crippen molar-refractivity contribution >= 4 is 23.5 Å². The zero-order valence-corrected chi connectivity index (χ0v) is 21.5. The molecule has 1 aromatic carbocycles. The summed E-state index contributed by atoms with van der Waals surface area (Å²) < 4.78 is 33.6. The zero-order valence-electron chi connectivity index (χ0n) is 21.5. The predicted octanol–water partition coefficient (Wildman–Crippen LogP) is 0.0836. The van der Waals surface area contributed by atoms with Crippen LogP contribution in [-0.2, 0) is 35.0 Å². The standard InChI is InChI=1S/C25H31FN4O8/c1-14-9-18(30-38-14)22(32)28-20(12-36-4)24(34)29-19(11-35-3)23(33)27-17(21(31)25(2)13-37-25)10-15-5-7-16(26)8-6-15/h5-9,17,19-20H,10-13H2,1-4H3,(H,27,33)(H,28,32)(H,29,34)/t17-,19-,20-,25?/m0/s1. The van der Waals surface area contributed by atoms with E-state index in [1.54, 1.807) is 13.8 Å². The monoisotopic (exact) mass is 534 g/mol.